The number of hydrogen-bond donors (Lipinski definition) is 3. The van der Waals surface area contributed by atoms with Gasteiger partial charge in [0.05, 0.1) is 26.4 Å². The summed E-state index contributed by atoms with van der Waals surface area (Å²) in [6, 6.07) is 0. The Kier molecular flexibility index (Phi) is 66.8. The van der Waals surface area contributed by atoms with E-state index in [0.29, 0.717) is 25.7 Å². The maximum absolute atomic E-state index is 13.1. The predicted octanol–water partition coefficient (Wildman–Crippen LogP) is 23.2. The number of aliphatic hydroxyl groups excluding tert-OH is 1. The van der Waals surface area contributed by atoms with Crippen LogP contribution in [0.15, 0.2) is 0 Å². The molecule has 0 rings (SSSR count). The minimum Gasteiger partial charge on any atom is -0.462 e. The Balaban J connectivity index is 5.24. The Labute approximate surface area is 600 Å². The molecule has 98 heavy (non-hydrogen) atoms. The molecule has 3 unspecified atom stereocenters. The number of esters is 4. The van der Waals surface area contributed by atoms with Crippen LogP contribution in [0, 0.1) is 23.7 Å². The number of carbonyl (C=O) groups excluding carboxylic acids is 4. The van der Waals surface area contributed by atoms with Gasteiger partial charge in [-0.25, -0.2) is 9.13 Å². The maximum Gasteiger partial charge on any atom is 0.472 e. The summed E-state index contributed by atoms with van der Waals surface area (Å²) in [6.07, 6.45) is 54.1. The summed E-state index contributed by atoms with van der Waals surface area (Å²) < 4.78 is 68.6. The number of unbranched alkanes of at least 4 members (excludes halogenated alkanes) is 41. The number of phosphoric acid groups is 2. The second-order valence-electron chi connectivity index (χ2n) is 30.1. The van der Waals surface area contributed by atoms with Gasteiger partial charge in [-0.15, -0.1) is 0 Å². The zero-order valence-corrected chi connectivity index (χ0v) is 66.2. The summed E-state index contributed by atoms with van der Waals surface area (Å²) in [5.41, 5.74) is 0. The molecule has 0 aliphatic heterocycles. The lowest BCUT2D eigenvalue weighted by Gasteiger charge is -2.21. The molecule has 0 aliphatic rings. The van der Waals surface area contributed by atoms with Gasteiger partial charge in [-0.05, 0) is 49.4 Å². The molecule has 0 aliphatic carbocycles. The Bertz CT molecular complexity index is 1920. The molecule has 0 fully saturated rings. The summed E-state index contributed by atoms with van der Waals surface area (Å²) in [7, 11) is -9.92. The van der Waals surface area contributed by atoms with Gasteiger partial charge in [0.2, 0.25) is 0 Å². The van der Waals surface area contributed by atoms with Crippen LogP contribution in [0.2, 0.25) is 0 Å². The van der Waals surface area contributed by atoms with E-state index in [-0.39, 0.29) is 25.7 Å². The lowest BCUT2D eigenvalue weighted by Crippen LogP contribution is -2.30. The quantitative estimate of drug-likeness (QED) is 0.0222. The molecular weight excluding hydrogens is 1280 g/mol. The molecule has 582 valence electrons. The molecule has 0 amide bonds. The lowest BCUT2D eigenvalue weighted by molar-refractivity contribution is -0.161. The predicted molar refractivity (Wildman–Crippen MR) is 400 cm³/mol. The fourth-order valence-electron chi connectivity index (χ4n) is 12.0. The molecule has 6 atom stereocenters. The van der Waals surface area contributed by atoms with E-state index in [2.05, 4.69) is 55.4 Å². The molecule has 0 radical (unpaired) electrons. The van der Waals surface area contributed by atoms with Crippen LogP contribution in [-0.2, 0) is 65.4 Å². The number of ether oxygens (including phenoxy) is 4. The molecule has 0 aromatic carbocycles. The summed E-state index contributed by atoms with van der Waals surface area (Å²) in [4.78, 5) is 72.9. The van der Waals surface area contributed by atoms with Crippen LogP contribution in [0.5, 0.6) is 0 Å². The number of hydrogen-bond acceptors (Lipinski definition) is 15. The topological polar surface area (TPSA) is 237 Å². The first kappa shape index (κ1) is 96.1. The van der Waals surface area contributed by atoms with Gasteiger partial charge in [0, 0.05) is 25.7 Å². The van der Waals surface area contributed by atoms with Gasteiger partial charge in [-0.1, -0.05) is 351 Å². The van der Waals surface area contributed by atoms with Crippen LogP contribution in [0.4, 0.5) is 0 Å². The van der Waals surface area contributed by atoms with Crippen molar-refractivity contribution in [2.24, 2.45) is 23.7 Å². The van der Waals surface area contributed by atoms with Crippen molar-refractivity contribution in [1.29, 1.82) is 0 Å². The zero-order chi connectivity index (χ0) is 72.4. The van der Waals surface area contributed by atoms with E-state index in [1.807, 2.05) is 0 Å². The number of carbonyl (C=O) groups is 4. The van der Waals surface area contributed by atoms with Crippen LogP contribution in [0.25, 0.3) is 0 Å². The Morgan fingerprint density at radius 2 is 0.490 bits per heavy atom. The average molecular weight is 1440 g/mol. The molecule has 3 N–H and O–H groups in total. The minimum absolute atomic E-state index is 0.105. The smallest absolute Gasteiger partial charge is 0.462 e. The van der Waals surface area contributed by atoms with Crippen molar-refractivity contribution in [1.82, 2.24) is 0 Å². The van der Waals surface area contributed by atoms with Crippen LogP contribution >= 0.6 is 15.6 Å². The van der Waals surface area contributed by atoms with E-state index < -0.39 is 97.5 Å². The molecule has 0 aromatic rings. The van der Waals surface area contributed by atoms with Crippen molar-refractivity contribution in [3.8, 4) is 0 Å². The molecule has 19 heteroatoms. The number of rotatable bonds is 76. The number of phosphoric ester groups is 2. The third kappa shape index (κ3) is 71.1. The second-order valence-corrected chi connectivity index (χ2v) is 33.0. The Hall–Kier alpha value is -1.94. The van der Waals surface area contributed by atoms with E-state index in [4.69, 9.17) is 37.0 Å². The first-order chi connectivity index (χ1) is 47.1. The Morgan fingerprint density at radius 1 is 0.286 bits per heavy atom. The standard InChI is InChI=1S/C79H154O17P2/c1-9-72(8)58-50-42-37-38-44-52-60-77(82)90-66-75(96-79(84)62-54-46-36-30-24-18-21-27-33-41-49-57-71(6)7)68-94-98(87,88)92-64-73(80)63-91-97(85,86)93-67-74(95-78(83)61-53-45-35-29-23-17-16-20-26-32-40-48-56-70(4)5)65-89-76(81)59-51-43-34-28-22-15-13-11-10-12-14-19-25-31-39-47-55-69(2)3/h69-75,80H,9-68H2,1-8H3,(H,85,86)(H,87,88)/t72?,73-,74-,75-/m1/s1. The molecular formula is C79H154O17P2. The van der Waals surface area contributed by atoms with Crippen molar-refractivity contribution < 1.29 is 80.2 Å². The second kappa shape index (κ2) is 68.2. The van der Waals surface area contributed by atoms with Gasteiger partial charge in [0.25, 0.3) is 0 Å². The van der Waals surface area contributed by atoms with Crippen LogP contribution in [0.1, 0.15) is 402 Å². The van der Waals surface area contributed by atoms with E-state index in [1.165, 1.54) is 199 Å². The van der Waals surface area contributed by atoms with E-state index in [0.717, 1.165) is 120 Å². The summed E-state index contributed by atoms with van der Waals surface area (Å²) >= 11 is 0. The van der Waals surface area contributed by atoms with Gasteiger partial charge < -0.3 is 33.8 Å². The van der Waals surface area contributed by atoms with E-state index >= 15 is 0 Å². The lowest BCUT2D eigenvalue weighted by atomic mass is 10.00. The highest BCUT2D eigenvalue weighted by atomic mass is 31.2. The van der Waals surface area contributed by atoms with E-state index in [9.17, 15) is 43.2 Å². The van der Waals surface area contributed by atoms with Crippen LogP contribution < -0.4 is 0 Å². The summed E-state index contributed by atoms with van der Waals surface area (Å²) in [5, 5.41) is 10.6. The average Bonchev–Trinajstić information content (AvgIpc) is 1.48. The van der Waals surface area contributed by atoms with Gasteiger partial charge >= 0.3 is 39.5 Å². The SMILES string of the molecule is CCC(C)CCCCCCCCC(=O)OC[C@H](COP(=O)(O)OC[C@H](O)COP(=O)(O)OC[C@@H](COC(=O)CCCCCCCCCCCCCCCCCCC(C)C)OC(=O)CCCCCCCCCCCCCCC(C)C)OC(=O)CCCCCCCCCCCCCC(C)C. The van der Waals surface area contributed by atoms with Gasteiger partial charge in [-0.2, -0.15) is 0 Å². The molecule has 17 nitrogen and oxygen atoms in total. The zero-order valence-electron chi connectivity index (χ0n) is 64.4. The molecule has 0 aromatic heterocycles. The van der Waals surface area contributed by atoms with Gasteiger partial charge in [-0.3, -0.25) is 37.3 Å². The highest BCUT2D eigenvalue weighted by Crippen LogP contribution is 2.45. The molecule has 0 saturated heterocycles. The van der Waals surface area contributed by atoms with Crippen LogP contribution in [-0.4, -0.2) is 96.7 Å². The van der Waals surface area contributed by atoms with Crippen molar-refractivity contribution in [2.45, 2.75) is 420 Å². The fraction of sp³-hybridized carbons (Fsp3) is 0.949. The van der Waals surface area contributed by atoms with Gasteiger partial charge in [0.15, 0.2) is 12.2 Å². The molecule has 0 bridgehead atoms. The van der Waals surface area contributed by atoms with E-state index in [1.54, 1.807) is 0 Å². The van der Waals surface area contributed by atoms with Crippen LogP contribution in [0.3, 0.4) is 0 Å². The molecule has 0 heterocycles. The molecule has 0 spiro atoms. The normalized spacial score (nSPS) is 14.3. The van der Waals surface area contributed by atoms with Crippen molar-refractivity contribution in [3.05, 3.63) is 0 Å². The highest BCUT2D eigenvalue weighted by Gasteiger charge is 2.30. The summed E-state index contributed by atoms with van der Waals surface area (Å²) in [5.74, 6) is 0.968. The first-order valence-corrected chi connectivity index (χ1v) is 43.7. The third-order valence-corrected chi connectivity index (χ3v) is 20.6. The molecule has 0 saturated carbocycles. The van der Waals surface area contributed by atoms with Crippen molar-refractivity contribution in [2.75, 3.05) is 39.6 Å². The van der Waals surface area contributed by atoms with Gasteiger partial charge in [0.1, 0.15) is 19.3 Å². The maximum atomic E-state index is 13.1. The van der Waals surface area contributed by atoms with Crippen molar-refractivity contribution >= 4 is 39.5 Å². The fourth-order valence-corrected chi connectivity index (χ4v) is 13.6. The van der Waals surface area contributed by atoms with Crippen molar-refractivity contribution in [3.63, 3.8) is 0 Å². The largest absolute Gasteiger partial charge is 0.472 e. The Morgan fingerprint density at radius 3 is 0.724 bits per heavy atom. The first-order valence-electron chi connectivity index (χ1n) is 40.7. The third-order valence-electron chi connectivity index (χ3n) is 18.7. The highest BCUT2D eigenvalue weighted by molar-refractivity contribution is 7.47. The minimum atomic E-state index is -4.96. The summed E-state index contributed by atoms with van der Waals surface area (Å²) in [6.45, 7) is 14.2. The monoisotopic (exact) mass is 1440 g/mol. The number of aliphatic hydroxyl groups is 1.